The summed E-state index contributed by atoms with van der Waals surface area (Å²) in [6.45, 7) is -0.0661. The summed E-state index contributed by atoms with van der Waals surface area (Å²) in [6, 6.07) is 6.80. The second-order valence-corrected chi connectivity index (χ2v) is 7.18. The third-order valence-electron chi connectivity index (χ3n) is 4.02. The molecule has 0 saturated carbocycles. The van der Waals surface area contributed by atoms with Gasteiger partial charge in [0.1, 0.15) is 5.82 Å². The molecular formula is C19H15ClFNO5S. The molecule has 3 rings (SSSR count). The van der Waals surface area contributed by atoms with Crippen molar-refractivity contribution in [2.24, 2.45) is 0 Å². The molecule has 0 radical (unpaired) electrons. The number of benzene rings is 2. The number of phenols is 1. The fourth-order valence-electron chi connectivity index (χ4n) is 2.61. The van der Waals surface area contributed by atoms with Crippen molar-refractivity contribution >= 4 is 40.6 Å². The van der Waals surface area contributed by atoms with Gasteiger partial charge >= 0.3 is 0 Å². The Morgan fingerprint density at radius 1 is 1.18 bits per heavy atom. The SMILES string of the molecule is COc1cc(C=C2SC(=O)N(Cc3ccc(F)cc3Cl)C2=O)cc(OC)c1O. The largest absolute Gasteiger partial charge is 0.502 e. The standard InChI is InChI=1S/C19H15ClFNO5S/c1-26-14-5-10(6-15(27-2)17(14)23)7-16-18(24)22(19(25)28-16)9-11-3-4-12(21)8-13(11)20/h3-8,23H,9H2,1-2H3. The summed E-state index contributed by atoms with van der Waals surface area (Å²) in [4.78, 5) is 26.2. The first-order valence-corrected chi connectivity index (χ1v) is 9.17. The van der Waals surface area contributed by atoms with Crippen molar-refractivity contribution in [1.29, 1.82) is 0 Å². The van der Waals surface area contributed by atoms with Crippen LogP contribution in [-0.2, 0) is 11.3 Å². The van der Waals surface area contributed by atoms with E-state index in [1.54, 1.807) is 0 Å². The Kier molecular flexibility index (Phi) is 5.81. The van der Waals surface area contributed by atoms with Gasteiger partial charge in [0.25, 0.3) is 11.1 Å². The smallest absolute Gasteiger partial charge is 0.293 e. The molecule has 0 atom stereocenters. The first kappa shape index (κ1) is 20.0. The van der Waals surface area contributed by atoms with E-state index in [4.69, 9.17) is 21.1 Å². The third kappa shape index (κ3) is 3.93. The van der Waals surface area contributed by atoms with Crippen molar-refractivity contribution < 1.29 is 28.6 Å². The Hall–Kier alpha value is -2.71. The number of imide groups is 1. The number of halogens is 2. The molecule has 0 aromatic heterocycles. The summed E-state index contributed by atoms with van der Waals surface area (Å²) in [5, 5.41) is 9.65. The number of rotatable bonds is 5. The van der Waals surface area contributed by atoms with Gasteiger partial charge in [-0.2, -0.15) is 0 Å². The van der Waals surface area contributed by atoms with Crippen LogP contribution in [0.5, 0.6) is 17.2 Å². The van der Waals surface area contributed by atoms with Gasteiger partial charge in [0.05, 0.1) is 25.7 Å². The average Bonchev–Trinajstić information content (AvgIpc) is 2.92. The van der Waals surface area contributed by atoms with Crippen LogP contribution in [-0.4, -0.2) is 35.4 Å². The minimum Gasteiger partial charge on any atom is -0.502 e. The highest BCUT2D eigenvalue weighted by atomic mass is 35.5. The Bertz CT molecular complexity index is 969. The van der Waals surface area contributed by atoms with Crippen LogP contribution in [0.25, 0.3) is 6.08 Å². The predicted molar refractivity (Wildman–Crippen MR) is 104 cm³/mol. The zero-order chi connectivity index (χ0) is 20.4. The molecule has 2 amide bonds. The van der Waals surface area contributed by atoms with Crippen LogP contribution in [0, 0.1) is 5.82 Å². The lowest BCUT2D eigenvalue weighted by atomic mass is 10.1. The number of ether oxygens (including phenoxy) is 2. The number of carbonyl (C=O) groups is 2. The van der Waals surface area contributed by atoms with Crippen LogP contribution >= 0.6 is 23.4 Å². The van der Waals surface area contributed by atoms with Gasteiger partial charge in [-0.1, -0.05) is 17.7 Å². The molecule has 9 heteroatoms. The molecule has 146 valence electrons. The normalized spacial score (nSPS) is 15.4. The zero-order valence-electron chi connectivity index (χ0n) is 14.9. The molecular weight excluding hydrogens is 409 g/mol. The van der Waals surface area contributed by atoms with Gasteiger partial charge in [-0.05, 0) is 53.2 Å². The molecule has 1 aliphatic rings. The van der Waals surface area contributed by atoms with E-state index >= 15 is 0 Å². The molecule has 2 aromatic carbocycles. The van der Waals surface area contributed by atoms with Crippen LogP contribution < -0.4 is 9.47 Å². The molecule has 28 heavy (non-hydrogen) atoms. The predicted octanol–water partition coefficient (Wildman–Crippen LogP) is 4.44. The first-order valence-electron chi connectivity index (χ1n) is 7.98. The molecule has 0 spiro atoms. The molecule has 2 aromatic rings. The van der Waals surface area contributed by atoms with Crippen molar-refractivity contribution in [2.45, 2.75) is 6.54 Å². The van der Waals surface area contributed by atoms with Crippen molar-refractivity contribution in [3.63, 3.8) is 0 Å². The topological polar surface area (TPSA) is 76.1 Å². The Morgan fingerprint density at radius 3 is 2.39 bits per heavy atom. The van der Waals surface area contributed by atoms with Gasteiger partial charge in [0.2, 0.25) is 5.75 Å². The van der Waals surface area contributed by atoms with Crippen molar-refractivity contribution in [1.82, 2.24) is 4.90 Å². The van der Waals surface area contributed by atoms with E-state index in [0.29, 0.717) is 11.1 Å². The minimum atomic E-state index is -0.502. The van der Waals surface area contributed by atoms with Crippen LogP contribution in [0.2, 0.25) is 5.02 Å². The number of aromatic hydroxyl groups is 1. The summed E-state index contributed by atoms with van der Waals surface area (Å²) in [7, 11) is 2.77. The second kappa shape index (κ2) is 8.12. The summed E-state index contributed by atoms with van der Waals surface area (Å²) >= 11 is 6.76. The summed E-state index contributed by atoms with van der Waals surface area (Å²) in [6.07, 6.45) is 1.50. The van der Waals surface area contributed by atoms with Gasteiger partial charge in [-0.25, -0.2) is 4.39 Å². The van der Waals surface area contributed by atoms with Gasteiger partial charge in [-0.3, -0.25) is 14.5 Å². The van der Waals surface area contributed by atoms with Crippen LogP contribution in [0.4, 0.5) is 9.18 Å². The molecule has 0 unspecified atom stereocenters. The lowest BCUT2D eigenvalue weighted by Gasteiger charge is -2.13. The van der Waals surface area contributed by atoms with Crippen LogP contribution in [0.3, 0.4) is 0 Å². The highest BCUT2D eigenvalue weighted by Gasteiger charge is 2.35. The lowest BCUT2D eigenvalue weighted by Crippen LogP contribution is -2.27. The Balaban J connectivity index is 1.89. The van der Waals surface area contributed by atoms with E-state index in [1.165, 1.54) is 44.6 Å². The van der Waals surface area contributed by atoms with E-state index in [9.17, 15) is 19.1 Å². The first-order chi connectivity index (χ1) is 13.3. The highest BCUT2D eigenvalue weighted by Crippen LogP contribution is 2.39. The average molecular weight is 424 g/mol. The van der Waals surface area contributed by atoms with Crippen molar-refractivity contribution in [2.75, 3.05) is 14.2 Å². The number of thioether (sulfide) groups is 1. The number of amides is 2. The minimum absolute atomic E-state index is 0.0661. The van der Waals surface area contributed by atoms with Gasteiger partial charge in [0, 0.05) is 5.02 Å². The molecule has 1 heterocycles. The monoisotopic (exact) mass is 423 g/mol. The fraction of sp³-hybridized carbons (Fsp3) is 0.158. The summed E-state index contributed by atoms with van der Waals surface area (Å²) < 4.78 is 23.4. The molecule has 1 saturated heterocycles. The molecule has 1 N–H and O–H groups in total. The Morgan fingerprint density at radius 2 is 1.82 bits per heavy atom. The molecule has 0 aliphatic carbocycles. The fourth-order valence-corrected chi connectivity index (χ4v) is 3.67. The summed E-state index contributed by atoms with van der Waals surface area (Å²) in [5.74, 6) is -0.827. The molecule has 1 aliphatic heterocycles. The maximum absolute atomic E-state index is 13.2. The van der Waals surface area contributed by atoms with E-state index in [0.717, 1.165) is 22.7 Å². The second-order valence-electron chi connectivity index (χ2n) is 5.78. The molecule has 1 fully saturated rings. The Labute approximate surface area is 169 Å². The zero-order valence-corrected chi connectivity index (χ0v) is 16.4. The van der Waals surface area contributed by atoms with Gasteiger partial charge in [0.15, 0.2) is 11.5 Å². The van der Waals surface area contributed by atoms with E-state index in [1.807, 2.05) is 0 Å². The number of carbonyl (C=O) groups excluding carboxylic acids is 2. The maximum Gasteiger partial charge on any atom is 0.293 e. The van der Waals surface area contributed by atoms with Crippen LogP contribution in [0.1, 0.15) is 11.1 Å². The third-order valence-corrected chi connectivity index (χ3v) is 5.28. The molecule has 6 nitrogen and oxygen atoms in total. The number of hydrogen-bond donors (Lipinski definition) is 1. The van der Waals surface area contributed by atoms with Gasteiger partial charge in [-0.15, -0.1) is 0 Å². The van der Waals surface area contributed by atoms with E-state index in [2.05, 4.69) is 0 Å². The maximum atomic E-state index is 13.2. The van der Waals surface area contributed by atoms with E-state index in [-0.39, 0.29) is 33.7 Å². The summed E-state index contributed by atoms with van der Waals surface area (Å²) in [5.41, 5.74) is 0.969. The highest BCUT2D eigenvalue weighted by molar-refractivity contribution is 8.18. The number of hydrogen-bond acceptors (Lipinski definition) is 6. The van der Waals surface area contributed by atoms with Crippen LogP contribution in [0.15, 0.2) is 35.2 Å². The lowest BCUT2D eigenvalue weighted by molar-refractivity contribution is -0.123. The van der Waals surface area contributed by atoms with Crippen molar-refractivity contribution in [3.05, 3.63) is 57.2 Å². The number of methoxy groups -OCH3 is 2. The number of nitrogens with zero attached hydrogens (tertiary/aromatic N) is 1. The number of phenolic OH excluding ortho intramolecular Hbond substituents is 1. The van der Waals surface area contributed by atoms with Gasteiger partial charge < -0.3 is 14.6 Å². The quantitative estimate of drug-likeness (QED) is 0.716. The molecule has 0 bridgehead atoms. The van der Waals surface area contributed by atoms with E-state index < -0.39 is 17.0 Å². The van der Waals surface area contributed by atoms with Crippen molar-refractivity contribution in [3.8, 4) is 17.2 Å².